The molecule has 0 atom stereocenters. The van der Waals surface area contributed by atoms with E-state index in [9.17, 15) is 0 Å². The molecule has 0 spiro atoms. The molecule has 1 aromatic carbocycles. The molecule has 23 heavy (non-hydrogen) atoms. The van der Waals surface area contributed by atoms with Crippen molar-refractivity contribution in [2.45, 2.75) is 13.8 Å². The van der Waals surface area contributed by atoms with Crippen molar-refractivity contribution >= 4 is 28.4 Å². The summed E-state index contributed by atoms with van der Waals surface area (Å²) in [6.45, 7) is 4.00. The van der Waals surface area contributed by atoms with E-state index < -0.39 is 0 Å². The second-order valence-corrected chi connectivity index (χ2v) is 6.23. The van der Waals surface area contributed by atoms with Gasteiger partial charge < -0.3 is 4.42 Å². The normalized spacial score (nSPS) is 11.7. The van der Waals surface area contributed by atoms with Crippen LogP contribution in [0.15, 0.2) is 41.0 Å². The fourth-order valence-corrected chi connectivity index (χ4v) is 3.16. The number of aromatic nitrogens is 4. The highest BCUT2D eigenvalue weighted by Crippen LogP contribution is 2.25. The molecule has 5 nitrogen and oxygen atoms in total. The smallest absolute Gasteiger partial charge is 0.235 e. The third kappa shape index (κ3) is 2.47. The van der Waals surface area contributed by atoms with Crippen LogP contribution >= 0.6 is 11.3 Å². The van der Waals surface area contributed by atoms with Crippen molar-refractivity contribution in [3.8, 4) is 11.4 Å². The summed E-state index contributed by atoms with van der Waals surface area (Å²) in [5.74, 6) is 1.52. The van der Waals surface area contributed by atoms with Gasteiger partial charge >= 0.3 is 0 Å². The number of nitrogens with zero attached hydrogens (tertiary/aromatic N) is 4. The quantitative estimate of drug-likeness (QED) is 0.566. The van der Waals surface area contributed by atoms with Gasteiger partial charge in [-0.05, 0) is 37.1 Å². The molecule has 0 saturated heterocycles. The summed E-state index contributed by atoms with van der Waals surface area (Å²) in [6.07, 6.45) is 5.73. The summed E-state index contributed by atoms with van der Waals surface area (Å²) in [7, 11) is 0. The van der Waals surface area contributed by atoms with E-state index in [-0.39, 0.29) is 0 Å². The Labute approximate surface area is 136 Å². The Balaban J connectivity index is 1.72. The van der Waals surface area contributed by atoms with Crippen LogP contribution in [0.1, 0.15) is 21.9 Å². The van der Waals surface area contributed by atoms with Gasteiger partial charge in [0.2, 0.25) is 4.96 Å². The van der Waals surface area contributed by atoms with E-state index in [2.05, 4.69) is 40.4 Å². The minimum atomic E-state index is 0.707. The van der Waals surface area contributed by atoms with Gasteiger partial charge in [-0.3, -0.25) is 0 Å². The van der Waals surface area contributed by atoms with E-state index in [1.165, 1.54) is 22.5 Å². The molecular weight excluding hydrogens is 308 g/mol. The van der Waals surface area contributed by atoms with Crippen LogP contribution in [0.5, 0.6) is 0 Å². The molecule has 0 fully saturated rings. The number of aryl methyl sites for hydroxylation is 2. The van der Waals surface area contributed by atoms with Gasteiger partial charge in [-0.25, -0.2) is 0 Å². The summed E-state index contributed by atoms with van der Waals surface area (Å²) >= 11 is 1.51. The Bertz CT molecular complexity index is 1010. The molecule has 3 heterocycles. The lowest BCUT2D eigenvalue weighted by Crippen LogP contribution is -1.90. The number of rotatable bonds is 3. The maximum atomic E-state index is 5.34. The maximum Gasteiger partial charge on any atom is 0.235 e. The summed E-state index contributed by atoms with van der Waals surface area (Å²) in [5, 5.41) is 13.9. The van der Waals surface area contributed by atoms with Gasteiger partial charge in [-0.15, -0.1) is 10.2 Å². The molecule has 3 aromatic heterocycles. The van der Waals surface area contributed by atoms with Gasteiger partial charge in [-0.2, -0.15) is 9.61 Å². The van der Waals surface area contributed by atoms with Crippen LogP contribution in [-0.4, -0.2) is 19.8 Å². The largest absolute Gasteiger partial charge is 0.469 e. The Hall–Kier alpha value is -2.73. The fraction of sp³-hybridized carbons (Fsp3) is 0.118. The van der Waals surface area contributed by atoms with E-state index in [1.54, 1.807) is 10.8 Å². The molecule has 4 aromatic rings. The van der Waals surface area contributed by atoms with E-state index in [0.717, 1.165) is 21.3 Å². The summed E-state index contributed by atoms with van der Waals surface area (Å²) < 4.78 is 7.11. The molecule has 114 valence electrons. The topological polar surface area (TPSA) is 56.2 Å². The van der Waals surface area contributed by atoms with Gasteiger partial charge in [0.25, 0.3) is 0 Å². The van der Waals surface area contributed by atoms with E-state index in [1.807, 2.05) is 31.2 Å². The van der Waals surface area contributed by atoms with Crippen molar-refractivity contribution in [3.63, 3.8) is 0 Å². The molecular formula is C17H14N4OS. The van der Waals surface area contributed by atoms with Crippen LogP contribution in [0, 0.1) is 13.8 Å². The third-order valence-corrected chi connectivity index (χ3v) is 4.56. The predicted octanol–water partition coefficient (Wildman–Crippen LogP) is 4.23. The first-order valence-corrected chi connectivity index (χ1v) is 8.04. The van der Waals surface area contributed by atoms with Crippen LogP contribution < -0.4 is 0 Å². The highest BCUT2D eigenvalue weighted by Gasteiger charge is 2.15. The lowest BCUT2D eigenvalue weighted by atomic mass is 10.1. The minimum absolute atomic E-state index is 0.707. The molecule has 0 radical (unpaired) electrons. The molecule has 0 saturated carbocycles. The fourth-order valence-electron chi connectivity index (χ4n) is 2.42. The Morgan fingerprint density at radius 1 is 1.09 bits per heavy atom. The van der Waals surface area contributed by atoms with Crippen LogP contribution in [-0.2, 0) is 0 Å². The standard InChI is InChI=1S/C17H14N4OS/c1-11-5-3-4-6-13(11)7-8-15-20-21-16(18-19-17(21)23-15)14-9-10-22-12(14)2/h3-10H,1-2H3. The van der Waals surface area contributed by atoms with Crippen molar-refractivity contribution in [1.29, 1.82) is 0 Å². The average Bonchev–Trinajstić information content (AvgIpc) is 3.22. The third-order valence-electron chi connectivity index (χ3n) is 3.70. The van der Waals surface area contributed by atoms with Crippen molar-refractivity contribution in [2.75, 3.05) is 0 Å². The van der Waals surface area contributed by atoms with E-state index in [4.69, 9.17) is 4.42 Å². The van der Waals surface area contributed by atoms with Crippen molar-refractivity contribution in [1.82, 2.24) is 19.8 Å². The molecule has 0 amide bonds. The Kier molecular flexibility index (Phi) is 3.31. The lowest BCUT2D eigenvalue weighted by molar-refractivity contribution is 0.535. The van der Waals surface area contributed by atoms with Crippen LogP contribution in [0.4, 0.5) is 0 Å². The molecule has 0 aliphatic heterocycles. The van der Waals surface area contributed by atoms with Crippen LogP contribution in [0.25, 0.3) is 28.5 Å². The van der Waals surface area contributed by atoms with Crippen LogP contribution in [0.2, 0.25) is 0 Å². The highest BCUT2D eigenvalue weighted by atomic mass is 32.1. The highest BCUT2D eigenvalue weighted by molar-refractivity contribution is 7.17. The second-order valence-electron chi connectivity index (χ2n) is 5.24. The van der Waals surface area contributed by atoms with E-state index in [0.29, 0.717) is 5.82 Å². The summed E-state index contributed by atoms with van der Waals surface area (Å²) in [6, 6.07) is 10.1. The first-order chi connectivity index (χ1) is 11.2. The second kappa shape index (κ2) is 5.48. The zero-order chi connectivity index (χ0) is 15.8. The van der Waals surface area contributed by atoms with Crippen molar-refractivity contribution < 1.29 is 4.42 Å². The van der Waals surface area contributed by atoms with Gasteiger partial charge in [-0.1, -0.05) is 41.7 Å². The number of hydrogen-bond donors (Lipinski definition) is 0. The maximum absolute atomic E-state index is 5.34. The first-order valence-electron chi connectivity index (χ1n) is 7.23. The number of furan rings is 1. The molecule has 0 bridgehead atoms. The molecule has 0 aliphatic carbocycles. The van der Waals surface area contributed by atoms with Gasteiger partial charge in [0, 0.05) is 0 Å². The van der Waals surface area contributed by atoms with E-state index >= 15 is 0 Å². The monoisotopic (exact) mass is 322 g/mol. The Morgan fingerprint density at radius 2 is 1.96 bits per heavy atom. The average molecular weight is 322 g/mol. The minimum Gasteiger partial charge on any atom is -0.469 e. The van der Waals surface area contributed by atoms with Crippen molar-refractivity contribution in [3.05, 3.63) is 58.5 Å². The number of fused-ring (bicyclic) bond motifs is 1. The lowest BCUT2D eigenvalue weighted by Gasteiger charge is -1.97. The number of hydrogen-bond acceptors (Lipinski definition) is 5. The molecule has 0 N–H and O–H groups in total. The summed E-state index contributed by atoms with van der Waals surface area (Å²) in [5.41, 5.74) is 3.34. The van der Waals surface area contributed by atoms with Crippen LogP contribution in [0.3, 0.4) is 0 Å². The molecule has 4 rings (SSSR count). The Morgan fingerprint density at radius 3 is 2.74 bits per heavy atom. The van der Waals surface area contributed by atoms with Gasteiger partial charge in [0.15, 0.2) is 5.82 Å². The summed E-state index contributed by atoms with van der Waals surface area (Å²) in [4.78, 5) is 0.769. The van der Waals surface area contributed by atoms with Crippen molar-refractivity contribution in [2.24, 2.45) is 0 Å². The SMILES string of the molecule is Cc1ccccc1C=Cc1nn2c(-c3ccoc3C)nnc2s1. The molecule has 0 aliphatic rings. The van der Waals surface area contributed by atoms with Gasteiger partial charge in [0.1, 0.15) is 10.8 Å². The zero-order valence-electron chi connectivity index (χ0n) is 12.7. The number of benzene rings is 1. The molecule has 0 unspecified atom stereocenters. The first kappa shape index (κ1) is 13.9. The van der Waals surface area contributed by atoms with Gasteiger partial charge in [0.05, 0.1) is 11.8 Å². The molecule has 6 heteroatoms. The predicted molar refractivity (Wildman–Crippen MR) is 91.2 cm³/mol. The zero-order valence-corrected chi connectivity index (χ0v) is 13.5.